The number of hydrogen-bond donors (Lipinski definition) is 2. The third-order valence-corrected chi connectivity index (χ3v) is 6.40. The molecule has 1 heterocycles. The minimum atomic E-state index is -0.880. The summed E-state index contributed by atoms with van der Waals surface area (Å²) in [6.07, 6.45) is 1.42. The molecule has 2 amide bonds. The van der Waals surface area contributed by atoms with Crippen LogP contribution in [0, 0.1) is 12.8 Å². The van der Waals surface area contributed by atoms with E-state index in [2.05, 4.69) is 31.8 Å². The molecule has 1 aliphatic heterocycles. The van der Waals surface area contributed by atoms with Gasteiger partial charge < -0.3 is 14.8 Å². The summed E-state index contributed by atoms with van der Waals surface area (Å²) < 4.78 is 11.4. The number of rotatable bonds is 7. The summed E-state index contributed by atoms with van der Waals surface area (Å²) in [7, 11) is 1.45. The number of methoxy groups -OCH3 is 1. The summed E-state index contributed by atoms with van der Waals surface area (Å²) in [6, 6.07) is 19.7. The highest BCUT2D eigenvalue weighted by Crippen LogP contribution is 2.37. The number of aryl methyl sites for hydroxylation is 1. The molecule has 1 fully saturated rings. The number of carbonyl (C=O) groups is 3. The van der Waals surface area contributed by atoms with Crippen LogP contribution in [-0.2, 0) is 9.59 Å². The molecule has 0 unspecified atom stereocenters. The van der Waals surface area contributed by atoms with Gasteiger partial charge in [-0.15, -0.1) is 0 Å². The van der Waals surface area contributed by atoms with Crippen LogP contribution in [0.2, 0.25) is 0 Å². The molecule has 4 rings (SSSR count). The average Bonchev–Trinajstić information content (AvgIpc) is 3.27. The van der Waals surface area contributed by atoms with Gasteiger partial charge in [-0.05, 0) is 58.2 Å². The zero-order chi connectivity index (χ0) is 25.7. The summed E-state index contributed by atoms with van der Waals surface area (Å²) in [5, 5.41) is 6.77. The predicted molar refractivity (Wildman–Crippen MR) is 138 cm³/mol. The first-order valence-corrected chi connectivity index (χ1v) is 12.0. The number of amides is 2. The molecule has 0 radical (unpaired) electrons. The van der Waals surface area contributed by atoms with Crippen LogP contribution in [0.1, 0.15) is 33.0 Å². The van der Waals surface area contributed by atoms with E-state index < -0.39 is 17.8 Å². The molecule has 2 N–H and O–H groups in total. The lowest BCUT2D eigenvalue weighted by Gasteiger charge is -2.15. The van der Waals surface area contributed by atoms with Gasteiger partial charge >= 0.3 is 5.97 Å². The molecule has 0 bridgehead atoms. The van der Waals surface area contributed by atoms with Gasteiger partial charge in [0.25, 0.3) is 5.91 Å². The quantitative estimate of drug-likeness (QED) is 0.152. The number of esters is 1. The maximum Gasteiger partial charge on any atom is 0.343 e. The first kappa shape index (κ1) is 25.1. The van der Waals surface area contributed by atoms with Gasteiger partial charge in [-0.1, -0.05) is 48.0 Å². The number of halogens is 1. The van der Waals surface area contributed by atoms with Gasteiger partial charge in [0.2, 0.25) is 5.91 Å². The van der Waals surface area contributed by atoms with Crippen molar-refractivity contribution in [1.82, 2.24) is 10.7 Å². The lowest BCUT2D eigenvalue weighted by molar-refractivity contribution is -0.133. The van der Waals surface area contributed by atoms with E-state index in [9.17, 15) is 14.4 Å². The zero-order valence-electron chi connectivity index (χ0n) is 19.7. The Labute approximate surface area is 216 Å². The van der Waals surface area contributed by atoms with E-state index in [1.165, 1.54) is 13.3 Å². The minimum Gasteiger partial charge on any atom is -0.493 e. The number of hydrogen-bond acceptors (Lipinski definition) is 6. The molecule has 36 heavy (non-hydrogen) atoms. The van der Waals surface area contributed by atoms with E-state index in [0.717, 1.165) is 11.1 Å². The molecule has 0 saturated carbocycles. The van der Waals surface area contributed by atoms with Crippen molar-refractivity contribution in [3.05, 3.63) is 93.5 Å². The smallest absolute Gasteiger partial charge is 0.343 e. The van der Waals surface area contributed by atoms with Crippen molar-refractivity contribution in [2.45, 2.75) is 12.8 Å². The van der Waals surface area contributed by atoms with Crippen molar-refractivity contribution in [2.75, 3.05) is 13.7 Å². The molecule has 1 aliphatic rings. The van der Waals surface area contributed by atoms with E-state index in [4.69, 9.17) is 9.47 Å². The van der Waals surface area contributed by atoms with Gasteiger partial charge in [-0.3, -0.25) is 9.59 Å². The Bertz CT molecular complexity index is 1310. The lowest BCUT2D eigenvalue weighted by atomic mass is 9.88. The molecule has 3 aromatic carbocycles. The molecule has 3 aromatic rings. The van der Waals surface area contributed by atoms with Crippen molar-refractivity contribution in [3.63, 3.8) is 0 Å². The van der Waals surface area contributed by atoms with Crippen LogP contribution in [0.4, 0.5) is 0 Å². The summed E-state index contributed by atoms with van der Waals surface area (Å²) in [6.45, 7) is 2.32. The Balaban J connectivity index is 1.46. The SMILES string of the molecule is COc1cc(/C=N/NC(=O)[C@H]2C(=O)NC[C@@H]2c2ccccc2)cc(Br)c1OC(=O)c1ccc(C)cc1. The second-order valence-corrected chi connectivity index (χ2v) is 9.12. The Morgan fingerprint density at radius 2 is 1.83 bits per heavy atom. The van der Waals surface area contributed by atoms with Crippen LogP contribution in [0.3, 0.4) is 0 Å². The normalized spacial score (nSPS) is 17.0. The standard InChI is InChI=1S/C27H24BrN3O5/c1-16-8-10-19(11-9-16)27(34)36-24-21(28)12-17(13-22(24)35-2)14-30-31-26(33)23-20(15-29-25(23)32)18-6-4-3-5-7-18/h3-14,20,23H,15H2,1-2H3,(H,29,32)(H,31,33)/b30-14+/t20-,23-/m1/s1. The summed E-state index contributed by atoms with van der Waals surface area (Å²) in [5.41, 5.74) is 5.38. The topological polar surface area (TPSA) is 106 Å². The predicted octanol–water partition coefficient (Wildman–Crippen LogP) is 3.97. The molecule has 0 aromatic heterocycles. The fourth-order valence-corrected chi connectivity index (χ4v) is 4.47. The molecule has 0 aliphatic carbocycles. The number of carbonyl (C=O) groups excluding carboxylic acids is 3. The molecular formula is C27H24BrN3O5. The molecule has 184 valence electrons. The summed E-state index contributed by atoms with van der Waals surface area (Å²) in [5.74, 6) is -1.98. The zero-order valence-corrected chi connectivity index (χ0v) is 21.2. The van der Waals surface area contributed by atoms with Crippen LogP contribution in [0.25, 0.3) is 0 Å². The maximum atomic E-state index is 12.8. The Morgan fingerprint density at radius 3 is 2.53 bits per heavy atom. The third-order valence-electron chi connectivity index (χ3n) is 5.81. The summed E-state index contributed by atoms with van der Waals surface area (Å²) >= 11 is 3.41. The number of benzene rings is 3. The molecular weight excluding hydrogens is 526 g/mol. The van der Waals surface area contributed by atoms with Crippen LogP contribution in [-0.4, -0.2) is 37.7 Å². The average molecular weight is 550 g/mol. The van der Waals surface area contributed by atoms with Crippen LogP contribution < -0.4 is 20.2 Å². The third kappa shape index (κ3) is 5.63. The van der Waals surface area contributed by atoms with E-state index in [-0.39, 0.29) is 17.6 Å². The van der Waals surface area contributed by atoms with Crippen molar-refractivity contribution < 1.29 is 23.9 Å². The van der Waals surface area contributed by atoms with E-state index in [1.54, 1.807) is 24.3 Å². The minimum absolute atomic E-state index is 0.220. The fourth-order valence-electron chi connectivity index (χ4n) is 3.93. The second-order valence-electron chi connectivity index (χ2n) is 8.26. The highest BCUT2D eigenvalue weighted by molar-refractivity contribution is 9.10. The Morgan fingerprint density at radius 1 is 1.11 bits per heavy atom. The van der Waals surface area contributed by atoms with E-state index in [0.29, 0.717) is 27.9 Å². The van der Waals surface area contributed by atoms with E-state index in [1.807, 2.05) is 49.4 Å². The van der Waals surface area contributed by atoms with E-state index >= 15 is 0 Å². The first-order valence-electron chi connectivity index (χ1n) is 11.2. The summed E-state index contributed by atoms with van der Waals surface area (Å²) in [4.78, 5) is 37.6. The number of ether oxygens (including phenoxy) is 2. The maximum absolute atomic E-state index is 12.8. The largest absolute Gasteiger partial charge is 0.493 e. The lowest BCUT2D eigenvalue weighted by Crippen LogP contribution is -2.34. The van der Waals surface area contributed by atoms with Crippen LogP contribution >= 0.6 is 15.9 Å². The molecule has 0 spiro atoms. The second kappa shape index (κ2) is 11.2. The number of hydrazone groups is 1. The Hall–Kier alpha value is -3.98. The van der Waals surface area contributed by atoms with Gasteiger partial charge in [0, 0.05) is 12.5 Å². The van der Waals surface area contributed by atoms with Gasteiger partial charge in [-0.2, -0.15) is 5.10 Å². The Kier molecular flexibility index (Phi) is 7.80. The van der Waals surface area contributed by atoms with Crippen molar-refractivity contribution >= 4 is 39.9 Å². The van der Waals surface area contributed by atoms with Crippen molar-refractivity contribution in [2.24, 2.45) is 11.0 Å². The molecule has 9 heteroatoms. The van der Waals surface area contributed by atoms with Crippen molar-refractivity contribution in [3.8, 4) is 11.5 Å². The molecule has 2 atom stereocenters. The fraction of sp³-hybridized carbons (Fsp3) is 0.185. The van der Waals surface area contributed by atoms with Gasteiger partial charge in [-0.25, -0.2) is 10.2 Å². The highest BCUT2D eigenvalue weighted by atomic mass is 79.9. The highest BCUT2D eigenvalue weighted by Gasteiger charge is 2.40. The van der Waals surface area contributed by atoms with Crippen LogP contribution in [0.5, 0.6) is 11.5 Å². The first-order chi connectivity index (χ1) is 17.4. The molecule has 1 saturated heterocycles. The van der Waals surface area contributed by atoms with Gasteiger partial charge in [0.15, 0.2) is 11.5 Å². The van der Waals surface area contributed by atoms with Gasteiger partial charge in [0.1, 0.15) is 5.92 Å². The number of nitrogens with zero attached hydrogens (tertiary/aromatic N) is 1. The van der Waals surface area contributed by atoms with Gasteiger partial charge in [0.05, 0.1) is 23.4 Å². The monoisotopic (exact) mass is 549 g/mol. The van der Waals surface area contributed by atoms with Crippen LogP contribution in [0.15, 0.2) is 76.3 Å². The van der Waals surface area contributed by atoms with Crippen molar-refractivity contribution in [1.29, 1.82) is 0 Å². The molecule has 8 nitrogen and oxygen atoms in total. The number of nitrogens with one attached hydrogen (secondary N) is 2.